The van der Waals surface area contributed by atoms with Crippen LogP contribution in [0.15, 0.2) is 23.1 Å². The standard InChI is InChI=1S/C15H20F2N2S/c1-3-15(11-18,19-4-2)8-5-9-20-14-7-6-12(16)10-13(14)17/h6-7,10,19H,3-5,8-9H2,1-2H3. The van der Waals surface area contributed by atoms with E-state index in [-0.39, 0.29) is 0 Å². The third-order valence-electron chi connectivity index (χ3n) is 3.23. The van der Waals surface area contributed by atoms with Gasteiger partial charge in [-0.2, -0.15) is 5.26 Å². The normalized spacial score (nSPS) is 13.8. The van der Waals surface area contributed by atoms with Crippen molar-refractivity contribution >= 4 is 11.8 Å². The first-order valence-corrected chi connectivity index (χ1v) is 7.79. The summed E-state index contributed by atoms with van der Waals surface area (Å²) < 4.78 is 26.2. The fraction of sp³-hybridized carbons (Fsp3) is 0.533. The minimum absolute atomic E-state index is 0.453. The number of nitrogens with zero attached hydrogens (tertiary/aromatic N) is 1. The summed E-state index contributed by atoms with van der Waals surface area (Å²) in [6.07, 6.45) is 2.27. The van der Waals surface area contributed by atoms with Crippen LogP contribution < -0.4 is 5.32 Å². The van der Waals surface area contributed by atoms with Gasteiger partial charge in [0.05, 0.1) is 6.07 Å². The van der Waals surface area contributed by atoms with Crippen LogP contribution in [0.3, 0.4) is 0 Å². The molecule has 1 aromatic carbocycles. The van der Waals surface area contributed by atoms with E-state index in [1.807, 2.05) is 13.8 Å². The van der Waals surface area contributed by atoms with Crippen LogP contribution in [-0.4, -0.2) is 17.8 Å². The van der Waals surface area contributed by atoms with E-state index in [0.717, 1.165) is 31.9 Å². The van der Waals surface area contributed by atoms with Crippen LogP contribution in [0.25, 0.3) is 0 Å². The minimum atomic E-state index is -0.562. The summed E-state index contributed by atoms with van der Waals surface area (Å²) in [7, 11) is 0. The van der Waals surface area contributed by atoms with Gasteiger partial charge in [0.15, 0.2) is 0 Å². The quantitative estimate of drug-likeness (QED) is 0.579. The van der Waals surface area contributed by atoms with E-state index in [0.29, 0.717) is 10.6 Å². The average molecular weight is 298 g/mol. The van der Waals surface area contributed by atoms with Crippen LogP contribution in [0.5, 0.6) is 0 Å². The molecule has 2 nitrogen and oxygen atoms in total. The molecule has 5 heteroatoms. The van der Waals surface area contributed by atoms with Gasteiger partial charge in [0.25, 0.3) is 0 Å². The molecule has 0 aliphatic rings. The number of rotatable bonds is 8. The van der Waals surface area contributed by atoms with E-state index in [1.54, 1.807) is 0 Å². The molecule has 1 aromatic rings. The van der Waals surface area contributed by atoms with Gasteiger partial charge in [-0.05, 0) is 43.7 Å². The minimum Gasteiger partial charge on any atom is -0.300 e. The Hall–Kier alpha value is -1.12. The highest BCUT2D eigenvalue weighted by atomic mass is 32.2. The summed E-state index contributed by atoms with van der Waals surface area (Å²) in [5, 5.41) is 12.5. The van der Waals surface area contributed by atoms with E-state index in [1.165, 1.54) is 23.9 Å². The van der Waals surface area contributed by atoms with E-state index in [2.05, 4.69) is 11.4 Å². The molecule has 0 aliphatic heterocycles. The van der Waals surface area contributed by atoms with Crippen molar-refractivity contribution in [3.8, 4) is 6.07 Å². The Kier molecular flexibility index (Phi) is 6.97. The lowest BCUT2D eigenvalue weighted by atomic mass is 9.92. The second-order valence-electron chi connectivity index (χ2n) is 4.60. The van der Waals surface area contributed by atoms with Crippen LogP contribution in [0.4, 0.5) is 8.78 Å². The maximum Gasteiger partial charge on any atom is 0.139 e. The molecule has 1 N–H and O–H groups in total. The van der Waals surface area contributed by atoms with Crippen molar-refractivity contribution in [3.63, 3.8) is 0 Å². The van der Waals surface area contributed by atoms with E-state index in [4.69, 9.17) is 0 Å². The Labute approximate surface area is 123 Å². The molecule has 20 heavy (non-hydrogen) atoms. The van der Waals surface area contributed by atoms with Crippen LogP contribution in [0.2, 0.25) is 0 Å². The number of nitriles is 1. The van der Waals surface area contributed by atoms with Crippen molar-refractivity contribution in [1.82, 2.24) is 5.32 Å². The number of nitrogens with one attached hydrogen (secondary N) is 1. The van der Waals surface area contributed by atoms with Crippen molar-refractivity contribution in [3.05, 3.63) is 29.8 Å². The predicted molar refractivity (Wildman–Crippen MR) is 78.6 cm³/mol. The molecule has 0 fully saturated rings. The molecule has 1 atom stereocenters. The van der Waals surface area contributed by atoms with Gasteiger partial charge in [0, 0.05) is 11.0 Å². The van der Waals surface area contributed by atoms with Crippen LogP contribution in [0.1, 0.15) is 33.1 Å². The Morgan fingerprint density at radius 3 is 2.65 bits per heavy atom. The number of halogens is 2. The molecule has 0 aromatic heterocycles. The first-order valence-electron chi connectivity index (χ1n) is 6.81. The van der Waals surface area contributed by atoms with Crippen molar-refractivity contribution in [2.24, 2.45) is 0 Å². The largest absolute Gasteiger partial charge is 0.300 e. The summed E-state index contributed by atoms with van der Waals surface area (Å²) >= 11 is 1.36. The fourth-order valence-electron chi connectivity index (χ4n) is 2.05. The Balaban J connectivity index is 2.46. The van der Waals surface area contributed by atoms with Crippen LogP contribution >= 0.6 is 11.8 Å². The highest BCUT2D eigenvalue weighted by molar-refractivity contribution is 7.99. The summed E-state index contributed by atoms with van der Waals surface area (Å²) in [4.78, 5) is 0.453. The smallest absolute Gasteiger partial charge is 0.139 e. The van der Waals surface area contributed by atoms with Crippen molar-refractivity contribution < 1.29 is 8.78 Å². The number of hydrogen-bond donors (Lipinski definition) is 1. The van der Waals surface area contributed by atoms with E-state index >= 15 is 0 Å². The topological polar surface area (TPSA) is 35.8 Å². The Morgan fingerprint density at radius 1 is 1.35 bits per heavy atom. The molecule has 0 radical (unpaired) electrons. The molecule has 0 saturated heterocycles. The third-order valence-corrected chi connectivity index (χ3v) is 4.37. The SMILES string of the molecule is CCNC(C#N)(CC)CCCSc1ccc(F)cc1F. The highest BCUT2D eigenvalue weighted by Crippen LogP contribution is 2.25. The van der Waals surface area contributed by atoms with Crippen LogP contribution in [0, 0.1) is 23.0 Å². The molecule has 0 bridgehead atoms. The second kappa shape index (κ2) is 8.23. The molecule has 0 amide bonds. The van der Waals surface area contributed by atoms with Gasteiger partial charge < -0.3 is 0 Å². The van der Waals surface area contributed by atoms with Gasteiger partial charge in [-0.3, -0.25) is 5.32 Å². The number of thioether (sulfide) groups is 1. The van der Waals surface area contributed by atoms with Gasteiger partial charge in [-0.1, -0.05) is 13.8 Å². The molecule has 0 heterocycles. The third kappa shape index (κ3) is 4.77. The average Bonchev–Trinajstić information content (AvgIpc) is 2.44. The van der Waals surface area contributed by atoms with Gasteiger partial charge >= 0.3 is 0 Å². The first-order chi connectivity index (χ1) is 9.56. The zero-order valence-electron chi connectivity index (χ0n) is 11.9. The molecule has 0 aliphatic carbocycles. The molecular weight excluding hydrogens is 278 g/mol. The van der Waals surface area contributed by atoms with Crippen molar-refractivity contribution in [2.45, 2.75) is 43.5 Å². The lowest BCUT2D eigenvalue weighted by Gasteiger charge is -2.25. The maximum absolute atomic E-state index is 13.4. The van der Waals surface area contributed by atoms with Gasteiger partial charge in [0.2, 0.25) is 0 Å². The lowest BCUT2D eigenvalue weighted by Crippen LogP contribution is -2.43. The molecule has 110 valence electrons. The first kappa shape index (κ1) is 16.9. The molecule has 0 saturated carbocycles. The monoisotopic (exact) mass is 298 g/mol. The predicted octanol–water partition coefficient (Wildman–Crippen LogP) is 4.12. The zero-order valence-corrected chi connectivity index (χ0v) is 12.7. The van der Waals surface area contributed by atoms with Crippen LogP contribution in [-0.2, 0) is 0 Å². The number of hydrogen-bond acceptors (Lipinski definition) is 3. The summed E-state index contributed by atoms with van der Waals surface area (Å²) in [6, 6.07) is 5.95. The zero-order chi connectivity index (χ0) is 15.0. The molecule has 1 unspecified atom stereocenters. The lowest BCUT2D eigenvalue weighted by molar-refractivity contribution is 0.379. The van der Waals surface area contributed by atoms with Crippen molar-refractivity contribution in [1.29, 1.82) is 5.26 Å². The second-order valence-corrected chi connectivity index (χ2v) is 5.74. The summed E-state index contributed by atoms with van der Waals surface area (Å²) in [6.45, 7) is 4.71. The van der Waals surface area contributed by atoms with E-state index in [9.17, 15) is 14.0 Å². The molecular formula is C15H20F2N2S. The van der Waals surface area contributed by atoms with Crippen molar-refractivity contribution in [2.75, 3.05) is 12.3 Å². The summed E-state index contributed by atoms with van der Waals surface area (Å²) in [5.41, 5.74) is -0.489. The summed E-state index contributed by atoms with van der Waals surface area (Å²) in [5.74, 6) is -0.380. The van der Waals surface area contributed by atoms with Gasteiger partial charge in [0.1, 0.15) is 17.2 Å². The Morgan fingerprint density at radius 2 is 2.10 bits per heavy atom. The van der Waals surface area contributed by atoms with Gasteiger partial charge in [-0.15, -0.1) is 11.8 Å². The van der Waals surface area contributed by atoms with E-state index < -0.39 is 17.2 Å². The maximum atomic E-state index is 13.4. The molecule has 1 rings (SSSR count). The number of benzene rings is 1. The van der Waals surface area contributed by atoms with Gasteiger partial charge in [-0.25, -0.2) is 8.78 Å². The fourth-order valence-corrected chi connectivity index (χ4v) is 2.92. The molecule has 0 spiro atoms. The highest BCUT2D eigenvalue weighted by Gasteiger charge is 2.25. The Bertz CT molecular complexity index is 473.